The Morgan fingerprint density at radius 2 is 1.52 bits per heavy atom. The van der Waals surface area contributed by atoms with Crippen molar-refractivity contribution in [2.75, 3.05) is 40.4 Å². The first-order valence-electron chi connectivity index (χ1n) is 8.81. The predicted molar refractivity (Wildman–Crippen MR) is 105 cm³/mol. The van der Waals surface area contributed by atoms with Crippen molar-refractivity contribution in [3.63, 3.8) is 0 Å². The van der Waals surface area contributed by atoms with Gasteiger partial charge in [-0.25, -0.2) is 4.79 Å². The summed E-state index contributed by atoms with van der Waals surface area (Å²) in [5, 5.41) is 0. The van der Waals surface area contributed by atoms with Crippen LogP contribution in [0.2, 0.25) is 0 Å². The summed E-state index contributed by atoms with van der Waals surface area (Å²) >= 11 is 0. The van der Waals surface area contributed by atoms with E-state index in [9.17, 15) is 9.59 Å². The molecular formula is C21H23NO7. The molecule has 0 radical (unpaired) electrons. The van der Waals surface area contributed by atoms with Crippen molar-refractivity contribution < 1.29 is 33.3 Å². The van der Waals surface area contributed by atoms with Gasteiger partial charge in [0.25, 0.3) is 11.5 Å². The maximum Gasteiger partial charge on any atom is 0.350 e. The molecule has 154 valence electrons. The zero-order valence-corrected chi connectivity index (χ0v) is 16.9. The number of rotatable bonds is 7. The minimum atomic E-state index is -1.82. The number of carbonyl (C=O) groups is 2. The molecule has 1 aliphatic heterocycles. The highest BCUT2D eigenvalue weighted by Gasteiger charge is 2.69. The molecule has 0 aromatic heterocycles. The normalized spacial score (nSPS) is 20.7. The van der Waals surface area contributed by atoms with Crippen LogP contribution in [0.4, 0.5) is 5.69 Å². The van der Waals surface area contributed by atoms with E-state index in [1.165, 1.54) is 26.2 Å². The number of methoxy groups -OCH3 is 5. The van der Waals surface area contributed by atoms with Crippen LogP contribution in [-0.4, -0.2) is 53.0 Å². The molecule has 8 heteroatoms. The van der Waals surface area contributed by atoms with E-state index in [-0.39, 0.29) is 0 Å². The van der Waals surface area contributed by atoms with Gasteiger partial charge in [0.1, 0.15) is 23.3 Å². The van der Waals surface area contributed by atoms with Crippen molar-refractivity contribution in [2.45, 2.75) is 11.6 Å². The van der Waals surface area contributed by atoms with Crippen LogP contribution in [0, 0.1) is 0 Å². The number of benzene rings is 2. The van der Waals surface area contributed by atoms with Crippen molar-refractivity contribution in [3.8, 4) is 17.2 Å². The summed E-state index contributed by atoms with van der Waals surface area (Å²) < 4.78 is 26.3. The van der Waals surface area contributed by atoms with Crippen LogP contribution < -0.4 is 19.1 Å². The Balaban J connectivity index is 2.17. The van der Waals surface area contributed by atoms with E-state index in [1.807, 2.05) is 0 Å². The van der Waals surface area contributed by atoms with Gasteiger partial charge in [0.15, 0.2) is 0 Å². The number of hydrogen-bond acceptors (Lipinski definition) is 7. The summed E-state index contributed by atoms with van der Waals surface area (Å²) in [6.45, 7) is 0. The van der Waals surface area contributed by atoms with Gasteiger partial charge >= 0.3 is 5.97 Å². The molecule has 3 rings (SSSR count). The molecule has 29 heavy (non-hydrogen) atoms. The first-order chi connectivity index (χ1) is 14.0. The van der Waals surface area contributed by atoms with E-state index in [2.05, 4.69) is 0 Å². The molecule has 0 saturated carbocycles. The summed E-state index contributed by atoms with van der Waals surface area (Å²) in [7, 11) is 7.13. The monoisotopic (exact) mass is 401 g/mol. The van der Waals surface area contributed by atoms with Crippen LogP contribution in [0.1, 0.15) is 11.6 Å². The van der Waals surface area contributed by atoms with Gasteiger partial charge < -0.3 is 23.7 Å². The standard InChI is InChI=1S/C21H23NO7/c1-25-14-8-6-13(7-9-14)22-18(21(29-5,19(22)23)20(24)28-4)16-11-10-15(26-2)12-17(16)27-3/h6-12,18H,1-5H3. The lowest BCUT2D eigenvalue weighted by atomic mass is 9.76. The highest BCUT2D eigenvalue weighted by molar-refractivity contribution is 6.21. The average Bonchev–Trinajstić information content (AvgIpc) is 2.77. The summed E-state index contributed by atoms with van der Waals surface area (Å²) in [5.74, 6) is 0.364. The SMILES string of the molecule is COC(=O)C1(OC)C(=O)N(c2ccc(OC)cc2)C1c1ccc(OC)cc1OC. The molecule has 1 amide bonds. The molecular weight excluding hydrogens is 378 g/mol. The first kappa shape index (κ1) is 20.5. The van der Waals surface area contributed by atoms with Crippen molar-refractivity contribution in [3.05, 3.63) is 48.0 Å². The average molecular weight is 401 g/mol. The molecule has 1 aliphatic rings. The van der Waals surface area contributed by atoms with E-state index in [0.717, 1.165) is 0 Å². The van der Waals surface area contributed by atoms with Crippen molar-refractivity contribution in [2.24, 2.45) is 0 Å². The lowest BCUT2D eigenvalue weighted by Crippen LogP contribution is -2.73. The molecule has 0 N–H and O–H groups in total. The van der Waals surface area contributed by atoms with Gasteiger partial charge in [0.2, 0.25) is 0 Å². The van der Waals surface area contributed by atoms with Crippen LogP contribution in [-0.2, 0) is 19.1 Å². The second-order valence-electron chi connectivity index (χ2n) is 6.31. The van der Waals surface area contributed by atoms with Crippen LogP contribution in [0.25, 0.3) is 0 Å². The number of β-lactam (4-membered cyclic amide) rings is 1. The molecule has 1 saturated heterocycles. The van der Waals surface area contributed by atoms with Crippen molar-refractivity contribution in [1.29, 1.82) is 0 Å². The van der Waals surface area contributed by atoms with E-state index >= 15 is 0 Å². The predicted octanol–water partition coefficient (Wildman–Crippen LogP) is 2.36. The number of amides is 1. The quantitative estimate of drug-likeness (QED) is 0.400. The summed E-state index contributed by atoms with van der Waals surface area (Å²) in [6.07, 6.45) is 0. The van der Waals surface area contributed by atoms with Crippen molar-refractivity contribution >= 4 is 17.6 Å². The molecule has 2 aromatic rings. The molecule has 0 aliphatic carbocycles. The fourth-order valence-electron chi connectivity index (χ4n) is 3.57. The number of anilines is 1. The van der Waals surface area contributed by atoms with Crippen LogP contribution >= 0.6 is 0 Å². The Hall–Kier alpha value is -3.26. The molecule has 1 heterocycles. The third-order valence-electron chi connectivity index (χ3n) is 5.08. The number of nitrogens with zero attached hydrogens (tertiary/aromatic N) is 1. The minimum absolute atomic E-state index is 0.450. The fraction of sp³-hybridized carbons (Fsp3) is 0.333. The maximum atomic E-state index is 13.2. The largest absolute Gasteiger partial charge is 0.497 e. The van der Waals surface area contributed by atoms with Crippen LogP contribution in [0.15, 0.2) is 42.5 Å². The van der Waals surface area contributed by atoms with E-state index in [1.54, 1.807) is 56.7 Å². The van der Waals surface area contributed by atoms with Gasteiger partial charge in [0.05, 0.1) is 28.4 Å². The maximum absolute atomic E-state index is 13.2. The number of esters is 1. The minimum Gasteiger partial charge on any atom is -0.497 e. The van der Waals surface area contributed by atoms with Gasteiger partial charge in [0, 0.05) is 24.4 Å². The number of ether oxygens (including phenoxy) is 5. The Morgan fingerprint density at radius 1 is 0.897 bits per heavy atom. The zero-order chi connectivity index (χ0) is 21.2. The Morgan fingerprint density at radius 3 is 2.03 bits per heavy atom. The van der Waals surface area contributed by atoms with E-state index < -0.39 is 23.5 Å². The third kappa shape index (κ3) is 3.05. The third-order valence-corrected chi connectivity index (χ3v) is 5.08. The Labute approximate surface area is 168 Å². The van der Waals surface area contributed by atoms with E-state index in [4.69, 9.17) is 23.7 Å². The molecule has 2 unspecified atom stereocenters. The number of carbonyl (C=O) groups excluding carboxylic acids is 2. The summed E-state index contributed by atoms with van der Waals surface area (Å²) in [5.41, 5.74) is -0.664. The van der Waals surface area contributed by atoms with E-state index in [0.29, 0.717) is 28.5 Å². The van der Waals surface area contributed by atoms with Crippen LogP contribution in [0.5, 0.6) is 17.2 Å². The second-order valence-corrected chi connectivity index (χ2v) is 6.31. The molecule has 2 atom stereocenters. The lowest BCUT2D eigenvalue weighted by molar-refractivity contribution is -0.185. The molecule has 0 spiro atoms. The highest BCUT2D eigenvalue weighted by Crippen LogP contribution is 2.51. The second kappa shape index (κ2) is 8.00. The Bertz CT molecular complexity index is 912. The molecule has 1 fully saturated rings. The smallest absolute Gasteiger partial charge is 0.350 e. The Kier molecular flexibility index (Phi) is 5.65. The molecule has 0 bridgehead atoms. The number of hydrogen-bond donors (Lipinski definition) is 0. The van der Waals surface area contributed by atoms with Gasteiger partial charge in [-0.1, -0.05) is 0 Å². The van der Waals surface area contributed by atoms with Gasteiger partial charge in [-0.2, -0.15) is 0 Å². The molecule has 2 aromatic carbocycles. The van der Waals surface area contributed by atoms with Gasteiger partial charge in [-0.15, -0.1) is 0 Å². The van der Waals surface area contributed by atoms with Gasteiger partial charge in [-0.05, 0) is 36.4 Å². The fourth-order valence-corrected chi connectivity index (χ4v) is 3.57. The summed E-state index contributed by atoms with van der Waals surface area (Å²) in [4.78, 5) is 27.3. The van der Waals surface area contributed by atoms with Gasteiger partial charge in [-0.3, -0.25) is 9.69 Å². The lowest BCUT2D eigenvalue weighted by Gasteiger charge is -2.52. The topological polar surface area (TPSA) is 83.5 Å². The highest BCUT2D eigenvalue weighted by atomic mass is 16.6. The van der Waals surface area contributed by atoms with Crippen LogP contribution in [0.3, 0.4) is 0 Å². The van der Waals surface area contributed by atoms with Crippen molar-refractivity contribution in [1.82, 2.24) is 0 Å². The summed E-state index contributed by atoms with van der Waals surface area (Å²) in [6, 6.07) is 11.3. The zero-order valence-electron chi connectivity index (χ0n) is 16.9. The molecule has 8 nitrogen and oxygen atoms in total. The first-order valence-corrected chi connectivity index (χ1v) is 8.81.